The molecule has 49 heavy (non-hydrogen) atoms. The van der Waals surface area contributed by atoms with Gasteiger partial charge in [-0.25, -0.2) is 39.5 Å². The Morgan fingerprint density at radius 3 is 1.39 bits per heavy atom. The van der Waals surface area contributed by atoms with Gasteiger partial charge in [-0.3, -0.25) is 0 Å². The van der Waals surface area contributed by atoms with Crippen LogP contribution in [0.5, 0.6) is 17.2 Å². The van der Waals surface area contributed by atoms with Crippen molar-refractivity contribution in [3.8, 4) is 17.2 Å². The standard InChI is InChI=1S/C34H39BF9NO4/c1-4-5-6-7-8-9-10-11-12-13-14-15-45(21(2)46-3)34-29(20-28(40)32(43)33(34)44)49-35(47-22-16-24(36)30(41)25(37)17-22)48-23-18-26(38)31(42)27(39)19-23/h16-21H,4-15H2,1-3H3. The van der Waals surface area contributed by atoms with Gasteiger partial charge in [-0.2, -0.15) is 0 Å². The molecule has 3 aromatic rings. The van der Waals surface area contributed by atoms with Gasteiger partial charge in [-0.1, -0.05) is 71.1 Å². The first-order chi connectivity index (χ1) is 23.4. The number of methoxy groups -OCH3 is 1. The van der Waals surface area contributed by atoms with Gasteiger partial charge in [0.2, 0.25) is 0 Å². The van der Waals surface area contributed by atoms with Crippen molar-refractivity contribution in [2.45, 2.75) is 90.7 Å². The number of hydrogen-bond acceptors (Lipinski definition) is 5. The molecule has 0 radical (unpaired) electrons. The van der Waals surface area contributed by atoms with Gasteiger partial charge >= 0.3 is 7.32 Å². The van der Waals surface area contributed by atoms with E-state index in [2.05, 4.69) is 6.92 Å². The Kier molecular flexibility index (Phi) is 15.8. The van der Waals surface area contributed by atoms with Crippen molar-refractivity contribution in [1.29, 1.82) is 0 Å². The van der Waals surface area contributed by atoms with E-state index >= 15 is 4.39 Å². The summed E-state index contributed by atoms with van der Waals surface area (Å²) in [6.45, 7) is 3.73. The fourth-order valence-corrected chi connectivity index (χ4v) is 5.07. The lowest BCUT2D eigenvalue weighted by Crippen LogP contribution is -2.40. The molecule has 0 aromatic heterocycles. The summed E-state index contributed by atoms with van der Waals surface area (Å²) >= 11 is 0. The maximum atomic E-state index is 15.5. The summed E-state index contributed by atoms with van der Waals surface area (Å²) in [5.41, 5.74) is -0.662. The van der Waals surface area contributed by atoms with Gasteiger partial charge in [0.25, 0.3) is 0 Å². The third kappa shape index (κ3) is 11.4. The lowest BCUT2D eigenvalue weighted by atomic mass is 10.1. The van der Waals surface area contributed by atoms with E-state index in [4.69, 9.17) is 18.7 Å². The van der Waals surface area contributed by atoms with E-state index in [0.29, 0.717) is 43.2 Å². The Bertz CT molecular complexity index is 1410. The van der Waals surface area contributed by atoms with Crippen molar-refractivity contribution < 1.29 is 58.2 Å². The molecule has 0 fully saturated rings. The van der Waals surface area contributed by atoms with Crippen LogP contribution in [0.4, 0.5) is 45.2 Å². The van der Waals surface area contributed by atoms with Crippen molar-refractivity contribution in [1.82, 2.24) is 0 Å². The average Bonchev–Trinajstić information content (AvgIpc) is 3.06. The first-order valence-corrected chi connectivity index (χ1v) is 16.1. The monoisotopic (exact) mass is 707 g/mol. The van der Waals surface area contributed by atoms with Gasteiger partial charge in [0, 0.05) is 44.0 Å². The normalized spacial score (nSPS) is 11.8. The molecule has 0 amide bonds. The number of unbranched alkanes of at least 4 members (excludes halogenated alkanes) is 10. The molecule has 3 aromatic carbocycles. The number of anilines is 1. The molecule has 0 aliphatic rings. The highest BCUT2D eigenvalue weighted by molar-refractivity contribution is 6.39. The lowest BCUT2D eigenvalue weighted by Gasteiger charge is -2.32. The molecule has 0 bridgehead atoms. The number of ether oxygens (including phenoxy) is 1. The Labute approximate surface area is 280 Å². The highest BCUT2D eigenvalue weighted by atomic mass is 19.2. The maximum absolute atomic E-state index is 15.5. The number of hydrogen-bond donors (Lipinski definition) is 0. The zero-order valence-corrected chi connectivity index (χ0v) is 27.5. The SMILES string of the molecule is CCCCCCCCCCCCCN(c1c(OB(Oc2cc(F)c(F)c(F)c2)Oc2cc(F)c(F)c(F)c2)cc(F)c(F)c1F)C(C)OC. The zero-order valence-electron chi connectivity index (χ0n) is 27.5. The topological polar surface area (TPSA) is 40.2 Å². The molecular formula is C34H39BF9NO4. The fraction of sp³-hybridized carbons (Fsp3) is 0.471. The molecule has 1 unspecified atom stereocenters. The quantitative estimate of drug-likeness (QED) is 0.0363. The number of nitrogens with zero attached hydrogens (tertiary/aromatic N) is 1. The third-order valence-electron chi connectivity index (χ3n) is 7.77. The number of benzene rings is 3. The Balaban J connectivity index is 1.88. The van der Waals surface area contributed by atoms with E-state index < -0.39 is 88.8 Å². The molecule has 0 N–H and O–H groups in total. The minimum atomic E-state index is -2.38. The molecule has 0 saturated carbocycles. The molecule has 270 valence electrons. The summed E-state index contributed by atoms with van der Waals surface area (Å²) in [5.74, 6) is -18.2. The van der Waals surface area contributed by atoms with Gasteiger partial charge in [-0.05, 0) is 13.3 Å². The smallest absolute Gasteiger partial charge is 0.489 e. The molecule has 3 rings (SSSR count). The molecule has 5 nitrogen and oxygen atoms in total. The molecule has 1 atom stereocenters. The molecule has 0 heterocycles. The first kappa shape index (κ1) is 39.7. The van der Waals surface area contributed by atoms with Gasteiger partial charge in [0.05, 0.1) is 0 Å². The molecule has 0 saturated heterocycles. The summed E-state index contributed by atoms with van der Waals surface area (Å²) in [7, 11) is -1.08. The Morgan fingerprint density at radius 2 is 0.959 bits per heavy atom. The summed E-state index contributed by atoms with van der Waals surface area (Å²) in [6.07, 6.45) is 10.3. The zero-order chi connectivity index (χ0) is 36.1. The number of halogens is 9. The minimum Gasteiger partial charge on any atom is -0.489 e. The van der Waals surface area contributed by atoms with Gasteiger partial charge in [0.1, 0.15) is 29.2 Å². The number of rotatable bonds is 21. The lowest BCUT2D eigenvalue weighted by molar-refractivity contribution is 0.112. The van der Waals surface area contributed by atoms with Crippen LogP contribution in [-0.4, -0.2) is 27.2 Å². The Hall–Kier alpha value is -3.75. The highest BCUT2D eigenvalue weighted by Crippen LogP contribution is 2.37. The molecule has 0 spiro atoms. The molecular weight excluding hydrogens is 668 g/mol. The second-order valence-corrected chi connectivity index (χ2v) is 11.4. The van der Waals surface area contributed by atoms with E-state index in [-0.39, 0.29) is 6.54 Å². The van der Waals surface area contributed by atoms with Crippen molar-refractivity contribution in [2.75, 3.05) is 18.6 Å². The van der Waals surface area contributed by atoms with Crippen LogP contribution in [0.3, 0.4) is 0 Å². The van der Waals surface area contributed by atoms with Crippen LogP contribution in [0, 0.1) is 52.4 Å². The van der Waals surface area contributed by atoms with Crippen LogP contribution in [0.25, 0.3) is 0 Å². The van der Waals surface area contributed by atoms with E-state index in [1.165, 1.54) is 51.0 Å². The highest BCUT2D eigenvalue weighted by Gasteiger charge is 2.36. The van der Waals surface area contributed by atoms with E-state index in [1.807, 2.05) is 0 Å². The van der Waals surface area contributed by atoms with E-state index in [0.717, 1.165) is 25.7 Å². The summed E-state index contributed by atoms with van der Waals surface area (Å²) in [4.78, 5) is 1.24. The largest absolute Gasteiger partial charge is 0.864 e. The van der Waals surface area contributed by atoms with Crippen molar-refractivity contribution >= 4 is 13.0 Å². The van der Waals surface area contributed by atoms with Gasteiger partial charge in [0.15, 0.2) is 52.4 Å². The average molecular weight is 707 g/mol. The summed E-state index contributed by atoms with van der Waals surface area (Å²) < 4.78 is 149. The minimum absolute atomic E-state index is 0.0690. The van der Waals surface area contributed by atoms with Crippen molar-refractivity contribution in [2.24, 2.45) is 0 Å². The predicted octanol–water partition coefficient (Wildman–Crippen LogP) is 10.6. The van der Waals surface area contributed by atoms with Crippen LogP contribution in [0.2, 0.25) is 0 Å². The second-order valence-electron chi connectivity index (χ2n) is 11.4. The Morgan fingerprint density at radius 1 is 0.551 bits per heavy atom. The summed E-state index contributed by atoms with van der Waals surface area (Å²) in [5, 5.41) is 0. The van der Waals surface area contributed by atoms with Crippen molar-refractivity contribution in [3.63, 3.8) is 0 Å². The third-order valence-corrected chi connectivity index (χ3v) is 7.77. The van der Waals surface area contributed by atoms with E-state index in [1.54, 1.807) is 0 Å². The van der Waals surface area contributed by atoms with Crippen LogP contribution < -0.4 is 18.9 Å². The van der Waals surface area contributed by atoms with Crippen LogP contribution >= 0.6 is 0 Å². The molecule has 0 aliphatic heterocycles. The summed E-state index contributed by atoms with van der Waals surface area (Å²) in [6, 6.07) is 1.89. The van der Waals surface area contributed by atoms with Gasteiger partial charge < -0.3 is 23.6 Å². The fourth-order valence-electron chi connectivity index (χ4n) is 5.07. The van der Waals surface area contributed by atoms with E-state index in [9.17, 15) is 35.1 Å². The van der Waals surface area contributed by atoms with Crippen LogP contribution in [0.15, 0.2) is 30.3 Å². The predicted molar refractivity (Wildman–Crippen MR) is 167 cm³/mol. The first-order valence-electron chi connectivity index (χ1n) is 16.1. The van der Waals surface area contributed by atoms with Gasteiger partial charge in [-0.15, -0.1) is 0 Å². The van der Waals surface area contributed by atoms with Crippen LogP contribution in [0.1, 0.15) is 84.5 Å². The van der Waals surface area contributed by atoms with Crippen molar-refractivity contribution in [3.05, 3.63) is 82.7 Å². The second kappa shape index (κ2) is 19.4. The molecule has 0 aliphatic carbocycles. The van der Waals surface area contributed by atoms with Crippen LogP contribution in [-0.2, 0) is 4.74 Å². The maximum Gasteiger partial charge on any atom is 0.864 e. The molecule has 15 heteroatoms.